The summed E-state index contributed by atoms with van der Waals surface area (Å²) in [5, 5.41) is 0.594. The van der Waals surface area contributed by atoms with Gasteiger partial charge in [0.25, 0.3) is 0 Å². The molecule has 0 amide bonds. The molecule has 3 aromatic carbocycles. The van der Waals surface area contributed by atoms with Crippen LogP contribution in [-0.2, 0) is 22.4 Å². The Morgan fingerprint density at radius 1 is 0.680 bits per heavy atom. The summed E-state index contributed by atoms with van der Waals surface area (Å²) in [7, 11) is 0. The van der Waals surface area contributed by atoms with Crippen molar-refractivity contribution in [2.24, 2.45) is 0 Å². The van der Waals surface area contributed by atoms with Gasteiger partial charge >= 0.3 is 0 Å². The highest BCUT2D eigenvalue weighted by Gasteiger charge is 2.18. The molecule has 25 heavy (non-hydrogen) atoms. The molecule has 2 nitrogen and oxygen atoms in total. The average molecular weight is 389 g/mol. The zero-order valence-corrected chi connectivity index (χ0v) is 16.3. The second kappa shape index (κ2) is 7.85. The average Bonchev–Trinajstić information content (AvgIpc) is 2.62. The van der Waals surface area contributed by atoms with Crippen molar-refractivity contribution in [1.29, 1.82) is 0 Å². The Kier molecular flexibility index (Phi) is 5.77. The normalized spacial score (nSPS) is 13.5. The molecule has 2 atom stereocenters. The van der Waals surface area contributed by atoms with E-state index in [1.807, 2.05) is 66.7 Å². The van der Waals surface area contributed by atoms with Crippen molar-refractivity contribution in [2.45, 2.75) is 9.79 Å². The molecule has 0 aliphatic carbocycles. The van der Waals surface area contributed by atoms with E-state index in [0.717, 1.165) is 32.0 Å². The third-order valence-corrected chi connectivity index (χ3v) is 6.24. The lowest BCUT2D eigenvalue weighted by Crippen LogP contribution is -2.01. The molecule has 5 heteroatoms. The Labute approximate surface area is 159 Å². The Morgan fingerprint density at radius 3 is 1.80 bits per heavy atom. The van der Waals surface area contributed by atoms with E-state index in [-0.39, 0.29) is 0 Å². The van der Waals surface area contributed by atoms with E-state index >= 15 is 0 Å². The Bertz CT molecular complexity index is 894. The van der Waals surface area contributed by atoms with Gasteiger partial charge in [-0.25, -0.2) is 0 Å². The summed E-state index contributed by atoms with van der Waals surface area (Å²) >= 11 is 4.23. The summed E-state index contributed by atoms with van der Waals surface area (Å²) < 4.78 is 24.1. The van der Waals surface area contributed by atoms with E-state index in [1.54, 1.807) is 12.5 Å². The highest BCUT2D eigenvalue weighted by Crippen LogP contribution is 2.37. The molecule has 0 bridgehead atoms. The first-order valence-electron chi connectivity index (χ1n) is 7.64. The van der Waals surface area contributed by atoms with Crippen LogP contribution >= 0.6 is 11.6 Å². The van der Waals surface area contributed by atoms with Crippen molar-refractivity contribution in [3.63, 3.8) is 0 Å². The van der Waals surface area contributed by atoms with E-state index in [4.69, 9.17) is 11.6 Å². The topological polar surface area (TPSA) is 46.1 Å². The van der Waals surface area contributed by atoms with Crippen LogP contribution in [0.4, 0.5) is 0 Å². The van der Waals surface area contributed by atoms with Crippen LogP contribution in [-0.4, -0.2) is 21.6 Å². The molecule has 128 valence electrons. The number of halogens is 1. The number of hydrogen-bond acceptors (Lipinski definition) is 2. The largest absolute Gasteiger partial charge is 0.612 e. The molecule has 0 aliphatic heterocycles. The third kappa shape index (κ3) is 3.89. The molecular formula is C20H17ClO2S2. The van der Waals surface area contributed by atoms with Crippen molar-refractivity contribution in [1.82, 2.24) is 0 Å². The molecule has 0 aliphatic rings. The molecule has 0 radical (unpaired) electrons. The first-order valence-corrected chi connectivity index (χ1v) is 11.1. The minimum atomic E-state index is -1.12. The van der Waals surface area contributed by atoms with Crippen LogP contribution in [0.5, 0.6) is 0 Å². The van der Waals surface area contributed by atoms with Crippen LogP contribution in [0.2, 0.25) is 5.02 Å². The van der Waals surface area contributed by atoms with Gasteiger partial charge in [0.15, 0.2) is 9.79 Å². The summed E-state index contributed by atoms with van der Waals surface area (Å²) in [6, 6.07) is 20.9. The van der Waals surface area contributed by atoms with Gasteiger partial charge in [-0.15, -0.1) is 0 Å². The van der Waals surface area contributed by atoms with Crippen LogP contribution in [0.25, 0.3) is 22.3 Å². The Hall–Kier alpha value is -1.43. The van der Waals surface area contributed by atoms with Crippen molar-refractivity contribution < 1.29 is 9.11 Å². The molecule has 0 saturated heterocycles. The van der Waals surface area contributed by atoms with Gasteiger partial charge in [-0.1, -0.05) is 41.9 Å². The predicted molar refractivity (Wildman–Crippen MR) is 107 cm³/mol. The number of hydrogen-bond donors (Lipinski definition) is 0. The third-order valence-electron chi connectivity index (χ3n) is 3.96. The molecule has 0 saturated carbocycles. The van der Waals surface area contributed by atoms with Crippen LogP contribution in [0.3, 0.4) is 0 Å². The summed E-state index contributed by atoms with van der Waals surface area (Å²) in [4.78, 5) is 1.53. The maximum atomic E-state index is 12.1. The smallest absolute Gasteiger partial charge is 0.160 e. The lowest BCUT2D eigenvalue weighted by atomic mass is 9.99. The monoisotopic (exact) mass is 388 g/mol. The van der Waals surface area contributed by atoms with Crippen LogP contribution in [0, 0.1) is 0 Å². The predicted octanol–water partition coefficient (Wildman–Crippen LogP) is 5.15. The van der Waals surface area contributed by atoms with Crippen molar-refractivity contribution in [3.8, 4) is 22.3 Å². The van der Waals surface area contributed by atoms with Crippen LogP contribution in [0.15, 0.2) is 76.5 Å². The zero-order chi connectivity index (χ0) is 18.0. The van der Waals surface area contributed by atoms with Gasteiger partial charge < -0.3 is 9.11 Å². The standard InChI is InChI=1S/C20H17ClO2S2/c1-24(22)19-9-5-3-7-15(19)14-11-12-18(21)17(13-14)16-8-4-6-10-20(16)25(2)23/h3-13H,1-2H3. The molecule has 0 spiro atoms. The SMILES string of the molecule is C[S+]([O-])c1ccccc1-c1ccc(Cl)c(-c2ccccc2[S+](C)[O-])c1. The van der Waals surface area contributed by atoms with Gasteiger partial charge in [-0.3, -0.25) is 0 Å². The van der Waals surface area contributed by atoms with Gasteiger partial charge in [0.2, 0.25) is 0 Å². The van der Waals surface area contributed by atoms with Crippen molar-refractivity contribution in [3.05, 3.63) is 71.8 Å². The lowest BCUT2D eigenvalue weighted by Gasteiger charge is -2.14. The molecule has 0 N–H and O–H groups in total. The fourth-order valence-corrected chi connectivity index (χ4v) is 4.54. The highest BCUT2D eigenvalue weighted by atomic mass is 35.5. The van der Waals surface area contributed by atoms with E-state index in [1.165, 1.54) is 0 Å². The minimum Gasteiger partial charge on any atom is -0.612 e. The maximum absolute atomic E-state index is 12.1. The molecule has 0 fully saturated rings. The van der Waals surface area contributed by atoms with Gasteiger partial charge in [0, 0.05) is 21.7 Å². The Morgan fingerprint density at radius 2 is 1.20 bits per heavy atom. The lowest BCUT2D eigenvalue weighted by molar-refractivity contribution is 0.600. The van der Waals surface area contributed by atoms with Crippen LogP contribution in [0.1, 0.15) is 0 Å². The highest BCUT2D eigenvalue weighted by molar-refractivity contribution is 7.91. The summed E-state index contributed by atoms with van der Waals surface area (Å²) in [5.74, 6) is 0. The maximum Gasteiger partial charge on any atom is 0.160 e. The summed E-state index contributed by atoms with van der Waals surface area (Å²) in [5.41, 5.74) is 3.52. The molecule has 3 aromatic rings. The van der Waals surface area contributed by atoms with Gasteiger partial charge in [0.05, 0.1) is 0 Å². The van der Waals surface area contributed by atoms with Crippen LogP contribution < -0.4 is 0 Å². The van der Waals surface area contributed by atoms with Gasteiger partial charge in [0.1, 0.15) is 12.5 Å². The summed E-state index contributed by atoms with van der Waals surface area (Å²) in [6.07, 6.45) is 3.33. The van der Waals surface area contributed by atoms with E-state index in [0.29, 0.717) is 5.02 Å². The molecular weight excluding hydrogens is 372 g/mol. The van der Waals surface area contributed by atoms with Gasteiger partial charge in [-0.05, 0) is 64.3 Å². The molecule has 3 rings (SSSR count). The molecule has 0 aromatic heterocycles. The van der Waals surface area contributed by atoms with Crippen molar-refractivity contribution >= 4 is 34.0 Å². The quantitative estimate of drug-likeness (QED) is 0.580. The fourth-order valence-electron chi connectivity index (χ4n) is 2.79. The number of rotatable bonds is 4. The van der Waals surface area contributed by atoms with E-state index < -0.39 is 22.4 Å². The van der Waals surface area contributed by atoms with Gasteiger partial charge in [-0.2, -0.15) is 0 Å². The molecule has 0 heterocycles. The minimum absolute atomic E-state index is 0.594. The first-order chi connectivity index (χ1) is 12.0. The van der Waals surface area contributed by atoms with Crippen molar-refractivity contribution in [2.75, 3.05) is 12.5 Å². The number of benzene rings is 3. The molecule has 2 unspecified atom stereocenters. The Balaban J connectivity index is 2.19. The van der Waals surface area contributed by atoms with E-state index in [9.17, 15) is 9.11 Å². The summed E-state index contributed by atoms with van der Waals surface area (Å²) in [6.45, 7) is 0. The first kappa shape index (κ1) is 18.4. The fraction of sp³-hybridized carbons (Fsp3) is 0.100. The second-order valence-corrected chi connectivity index (χ2v) is 8.70. The van der Waals surface area contributed by atoms with E-state index in [2.05, 4.69) is 0 Å². The zero-order valence-electron chi connectivity index (χ0n) is 13.9. The second-order valence-electron chi connectivity index (χ2n) is 5.60.